The van der Waals surface area contributed by atoms with Crippen LogP contribution in [0.2, 0.25) is 0 Å². The highest BCUT2D eigenvalue weighted by molar-refractivity contribution is 5.60. The van der Waals surface area contributed by atoms with E-state index in [2.05, 4.69) is 26.5 Å². The molecule has 0 radical (unpaired) electrons. The van der Waals surface area contributed by atoms with Gasteiger partial charge in [-0.15, -0.1) is 6.42 Å². The highest BCUT2D eigenvalue weighted by atomic mass is 19.4. The van der Waals surface area contributed by atoms with Crippen LogP contribution in [-0.2, 0) is 6.18 Å². The van der Waals surface area contributed by atoms with Gasteiger partial charge in [-0.3, -0.25) is 0 Å². The standard InChI is InChI=1S/C16H15F3N4O/c1-2-7-20-10-11-24-15-14(21-8-9-22-15)23-13-5-3-12(4-6-13)16(17,18)19/h1,3-6,8-9,20H,7,10-11H2,(H,21,23). The van der Waals surface area contributed by atoms with Gasteiger partial charge in [0.25, 0.3) is 5.88 Å². The van der Waals surface area contributed by atoms with Crippen molar-refractivity contribution in [2.45, 2.75) is 6.18 Å². The fourth-order valence-corrected chi connectivity index (χ4v) is 1.78. The molecule has 0 aliphatic rings. The predicted molar refractivity (Wildman–Crippen MR) is 84.0 cm³/mol. The lowest BCUT2D eigenvalue weighted by molar-refractivity contribution is -0.137. The quantitative estimate of drug-likeness (QED) is 0.601. The predicted octanol–water partition coefficient (Wildman–Crippen LogP) is 2.84. The van der Waals surface area contributed by atoms with E-state index in [9.17, 15) is 13.2 Å². The molecule has 2 aromatic rings. The number of aromatic nitrogens is 2. The number of ether oxygens (including phenoxy) is 1. The summed E-state index contributed by atoms with van der Waals surface area (Å²) in [6, 6.07) is 4.61. The fraction of sp³-hybridized carbons (Fsp3) is 0.250. The summed E-state index contributed by atoms with van der Waals surface area (Å²) >= 11 is 0. The average Bonchev–Trinajstić information content (AvgIpc) is 2.56. The molecule has 1 heterocycles. The summed E-state index contributed by atoms with van der Waals surface area (Å²) in [4.78, 5) is 8.14. The summed E-state index contributed by atoms with van der Waals surface area (Å²) in [7, 11) is 0. The number of nitrogens with zero attached hydrogens (tertiary/aromatic N) is 2. The second kappa shape index (κ2) is 8.17. The van der Waals surface area contributed by atoms with Crippen LogP contribution in [0.4, 0.5) is 24.7 Å². The van der Waals surface area contributed by atoms with Crippen molar-refractivity contribution in [2.24, 2.45) is 0 Å². The molecule has 0 atom stereocenters. The molecule has 0 bridgehead atoms. The van der Waals surface area contributed by atoms with Gasteiger partial charge in [0, 0.05) is 24.6 Å². The first-order chi connectivity index (χ1) is 11.5. The first-order valence-corrected chi connectivity index (χ1v) is 7.03. The Kier molecular flexibility index (Phi) is 5.98. The van der Waals surface area contributed by atoms with Gasteiger partial charge in [0.1, 0.15) is 6.61 Å². The summed E-state index contributed by atoms with van der Waals surface area (Å²) in [5.41, 5.74) is -0.276. The van der Waals surface area contributed by atoms with Gasteiger partial charge in [0.05, 0.1) is 12.1 Å². The molecule has 0 aliphatic heterocycles. The molecule has 0 unspecified atom stereocenters. The maximum absolute atomic E-state index is 12.6. The van der Waals surface area contributed by atoms with Crippen molar-refractivity contribution in [2.75, 3.05) is 25.0 Å². The Bertz CT molecular complexity index is 696. The fourth-order valence-electron chi connectivity index (χ4n) is 1.78. The van der Waals surface area contributed by atoms with Crippen LogP contribution >= 0.6 is 0 Å². The highest BCUT2D eigenvalue weighted by Gasteiger charge is 2.29. The molecule has 2 N–H and O–H groups in total. The summed E-state index contributed by atoms with van der Waals surface area (Å²) in [6.45, 7) is 1.28. The summed E-state index contributed by atoms with van der Waals surface area (Å²) in [6.07, 6.45) is 3.66. The Balaban J connectivity index is 2.01. The molecule has 8 heteroatoms. The minimum Gasteiger partial charge on any atom is -0.474 e. The number of halogens is 3. The van der Waals surface area contributed by atoms with Gasteiger partial charge in [-0.05, 0) is 24.3 Å². The lowest BCUT2D eigenvalue weighted by Gasteiger charge is -2.12. The van der Waals surface area contributed by atoms with E-state index in [1.54, 1.807) is 0 Å². The highest BCUT2D eigenvalue weighted by Crippen LogP contribution is 2.30. The molecular formula is C16H15F3N4O. The van der Waals surface area contributed by atoms with Crippen molar-refractivity contribution in [3.8, 4) is 18.2 Å². The normalized spacial score (nSPS) is 10.9. The second-order valence-electron chi connectivity index (χ2n) is 4.64. The molecule has 0 spiro atoms. The molecule has 126 valence electrons. The zero-order valence-electron chi connectivity index (χ0n) is 12.6. The van der Waals surface area contributed by atoms with Crippen LogP contribution in [0.5, 0.6) is 5.88 Å². The van der Waals surface area contributed by atoms with Crippen LogP contribution in [-0.4, -0.2) is 29.7 Å². The molecule has 0 saturated heterocycles. The first kappa shape index (κ1) is 17.6. The Morgan fingerprint density at radius 1 is 1.12 bits per heavy atom. The van der Waals surface area contributed by atoms with Gasteiger partial charge in [-0.1, -0.05) is 5.92 Å². The van der Waals surface area contributed by atoms with Crippen molar-refractivity contribution in [1.82, 2.24) is 15.3 Å². The molecular weight excluding hydrogens is 321 g/mol. The molecule has 0 amide bonds. The minimum absolute atomic E-state index is 0.250. The number of nitrogens with one attached hydrogen (secondary N) is 2. The van der Waals surface area contributed by atoms with Crippen LogP contribution in [0, 0.1) is 12.3 Å². The Morgan fingerprint density at radius 2 is 1.83 bits per heavy atom. The number of hydrogen-bond acceptors (Lipinski definition) is 5. The van der Waals surface area contributed by atoms with Crippen LogP contribution in [0.3, 0.4) is 0 Å². The number of anilines is 2. The zero-order valence-corrected chi connectivity index (χ0v) is 12.6. The third kappa shape index (κ3) is 5.14. The molecule has 0 fully saturated rings. The van der Waals surface area contributed by atoms with Gasteiger partial charge in [0.15, 0.2) is 5.82 Å². The van der Waals surface area contributed by atoms with Gasteiger partial charge >= 0.3 is 6.18 Å². The third-order valence-corrected chi connectivity index (χ3v) is 2.88. The van der Waals surface area contributed by atoms with Crippen molar-refractivity contribution >= 4 is 11.5 Å². The van der Waals surface area contributed by atoms with Crippen molar-refractivity contribution in [1.29, 1.82) is 0 Å². The van der Waals surface area contributed by atoms with E-state index in [-0.39, 0.29) is 5.88 Å². The van der Waals surface area contributed by atoms with Crippen molar-refractivity contribution in [3.05, 3.63) is 42.2 Å². The maximum atomic E-state index is 12.6. The Labute approximate surface area is 137 Å². The van der Waals surface area contributed by atoms with Crippen LogP contribution in [0.1, 0.15) is 5.56 Å². The van der Waals surface area contributed by atoms with Crippen molar-refractivity contribution in [3.63, 3.8) is 0 Å². The number of terminal acetylenes is 1. The SMILES string of the molecule is C#CCNCCOc1nccnc1Nc1ccc(C(F)(F)F)cc1. The van der Waals surface area contributed by atoms with E-state index in [0.717, 1.165) is 12.1 Å². The topological polar surface area (TPSA) is 59.1 Å². The molecule has 0 aliphatic carbocycles. The lowest BCUT2D eigenvalue weighted by Crippen LogP contribution is -2.21. The largest absolute Gasteiger partial charge is 0.474 e. The zero-order chi connectivity index (χ0) is 17.4. The lowest BCUT2D eigenvalue weighted by atomic mass is 10.2. The van der Waals surface area contributed by atoms with E-state index in [0.29, 0.717) is 31.2 Å². The molecule has 0 saturated carbocycles. The van der Waals surface area contributed by atoms with Gasteiger partial charge in [-0.2, -0.15) is 13.2 Å². The van der Waals surface area contributed by atoms with Gasteiger partial charge in [-0.25, -0.2) is 9.97 Å². The van der Waals surface area contributed by atoms with Crippen molar-refractivity contribution < 1.29 is 17.9 Å². The van der Waals surface area contributed by atoms with Crippen LogP contribution in [0.15, 0.2) is 36.7 Å². The van der Waals surface area contributed by atoms with Crippen LogP contribution < -0.4 is 15.4 Å². The van der Waals surface area contributed by atoms with Gasteiger partial charge in [0.2, 0.25) is 0 Å². The first-order valence-electron chi connectivity index (χ1n) is 7.03. The molecule has 1 aromatic heterocycles. The summed E-state index contributed by atoms with van der Waals surface area (Å²) < 4.78 is 43.2. The smallest absolute Gasteiger partial charge is 0.416 e. The Morgan fingerprint density at radius 3 is 2.50 bits per heavy atom. The third-order valence-electron chi connectivity index (χ3n) is 2.88. The average molecular weight is 336 g/mol. The maximum Gasteiger partial charge on any atom is 0.416 e. The molecule has 24 heavy (non-hydrogen) atoms. The number of benzene rings is 1. The van der Waals surface area contributed by atoms with E-state index in [1.807, 2.05) is 0 Å². The molecule has 2 rings (SSSR count). The number of rotatable bonds is 7. The molecule has 5 nitrogen and oxygen atoms in total. The van der Waals surface area contributed by atoms with E-state index < -0.39 is 11.7 Å². The van der Waals surface area contributed by atoms with E-state index in [4.69, 9.17) is 11.2 Å². The number of alkyl halides is 3. The van der Waals surface area contributed by atoms with E-state index in [1.165, 1.54) is 24.5 Å². The van der Waals surface area contributed by atoms with E-state index >= 15 is 0 Å². The Hall–Kier alpha value is -2.79. The summed E-state index contributed by atoms with van der Waals surface area (Å²) in [5, 5.41) is 5.84. The monoisotopic (exact) mass is 336 g/mol. The second-order valence-corrected chi connectivity index (χ2v) is 4.64. The number of hydrogen-bond donors (Lipinski definition) is 2. The minimum atomic E-state index is -4.37. The van der Waals surface area contributed by atoms with Crippen LogP contribution in [0.25, 0.3) is 0 Å². The van der Waals surface area contributed by atoms with Gasteiger partial charge < -0.3 is 15.4 Å². The molecule has 1 aromatic carbocycles. The summed E-state index contributed by atoms with van der Waals surface area (Å²) in [5.74, 6) is 3.00.